The van der Waals surface area contributed by atoms with Gasteiger partial charge in [-0.2, -0.15) is 0 Å². The highest BCUT2D eigenvalue weighted by atomic mass is 16.5. The van der Waals surface area contributed by atoms with E-state index in [0.29, 0.717) is 30.0 Å². The molecule has 1 spiro atoms. The molecular formula is C17H26O3. The molecule has 0 heterocycles. The molecule has 0 saturated heterocycles. The molecule has 0 aliphatic heterocycles. The van der Waals surface area contributed by atoms with Gasteiger partial charge in [-0.05, 0) is 41.4 Å². The minimum absolute atomic E-state index is 0.0103. The number of hydrogen-bond acceptors (Lipinski definition) is 3. The summed E-state index contributed by atoms with van der Waals surface area (Å²) in [5.41, 5.74) is 0.119. The number of fused-ring (bicyclic) bond motifs is 1. The zero-order valence-corrected chi connectivity index (χ0v) is 13.2. The van der Waals surface area contributed by atoms with Crippen LogP contribution in [0.2, 0.25) is 0 Å². The van der Waals surface area contributed by atoms with Crippen LogP contribution in [0.5, 0.6) is 0 Å². The van der Waals surface area contributed by atoms with Crippen LogP contribution in [-0.4, -0.2) is 17.9 Å². The van der Waals surface area contributed by atoms with Crippen LogP contribution in [-0.2, 0) is 14.3 Å². The first-order valence-electron chi connectivity index (χ1n) is 7.90. The molecule has 112 valence electrons. The third-order valence-corrected chi connectivity index (χ3v) is 6.81. The van der Waals surface area contributed by atoms with Crippen molar-refractivity contribution in [3.8, 4) is 0 Å². The van der Waals surface area contributed by atoms with Gasteiger partial charge in [0.25, 0.3) is 0 Å². The summed E-state index contributed by atoms with van der Waals surface area (Å²) in [6.07, 6.45) is 2.72. The molecule has 6 atom stereocenters. The molecule has 0 radical (unpaired) electrons. The van der Waals surface area contributed by atoms with Gasteiger partial charge in [0.15, 0.2) is 0 Å². The van der Waals surface area contributed by atoms with Crippen LogP contribution in [0, 0.1) is 34.5 Å². The standard InChI is InChI=1S/C17H26O3/c1-9-6-13(19)15-16(4,5)12-7-17(9,15)8-14(10(12)2)20-11(3)18/h9-10,12,14-15H,6-8H2,1-5H3/t9-,10+,12+,14-,15+,17-/m1/s1. The molecule has 0 aromatic heterocycles. The maximum atomic E-state index is 12.5. The van der Waals surface area contributed by atoms with E-state index in [1.54, 1.807) is 0 Å². The van der Waals surface area contributed by atoms with Crippen molar-refractivity contribution in [2.24, 2.45) is 34.5 Å². The molecule has 3 saturated carbocycles. The van der Waals surface area contributed by atoms with E-state index < -0.39 is 0 Å². The second-order valence-corrected chi connectivity index (χ2v) is 8.08. The Bertz CT molecular complexity index is 467. The molecule has 0 unspecified atom stereocenters. The van der Waals surface area contributed by atoms with Gasteiger partial charge in [0.1, 0.15) is 11.9 Å². The average molecular weight is 278 g/mol. The van der Waals surface area contributed by atoms with Crippen molar-refractivity contribution in [1.29, 1.82) is 0 Å². The number of esters is 1. The normalized spacial score (nSPS) is 49.0. The number of carbonyl (C=O) groups excluding carboxylic acids is 2. The lowest BCUT2D eigenvalue weighted by Gasteiger charge is -2.43. The highest BCUT2D eigenvalue weighted by Gasteiger charge is 2.70. The molecule has 0 N–H and O–H groups in total. The average Bonchev–Trinajstić information content (AvgIpc) is 2.66. The summed E-state index contributed by atoms with van der Waals surface area (Å²) in [7, 11) is 0. The van der Waals surface area contributed by atoms with Gasteiger partial charge < -0.3 is 4.74 Å². The molecule has 3 heteroatoms. The van der Waals surface area contributed by atoms with Crippen molar-refractivity contribution >= 4 is 11.8 Å². The van der Waals surface area contributed by atoms with E-state index in [4.69, 9.17) is 4.74 Å². The molecule has 3 aliphatic carbocycles. The number of carbonyl (C=O) groups is 2. The zero-order valence-electron chi connectivity index (χ0n) is 13.2. The molecule has 0 aromatic carbocycles. The molecular weight excluding hydrogens is 252 g/mol. The predicted octanol–water partition coefficient (Wildman–Crippen LogP) is 3.22. The van der Waals surface area contributed by atoms with Gasteiger partial charge in [-0.25, -0.2) is 0 Å². The zero-order chi connectivity index (χ0) is 14.9. The van der Waals surface area contributed by atoms with Gasteiger partial charge in [-0.1, -0.05) is 27.7 Å². The van der Waals surface area contributed by atoms with Crippen LogP contribution in [0.4, 0.5) is 0 Å². The molecule has 3 fully saturated rings. The van der Waals surface area contributed by atoms with E-state index in [1.165, 1.54) is 6.92 Å². The monoisotopic (exact) mass is 278 g/mol. The van der Waals surface area contributed by atoms with E-state index in [2.05, 4.69) is 27.7 Å². The summed E-state index contributed by atoms with van der Waals surface area (Å²) in [5.74, 6) is 1.68. The number of ether oxygens (including phenoxy) is 1. The molecule has 3 aliphatic rings. The second-order valence-electron chi connectivity index (χ2n) is 8.08. The number of ketones is 1. The first-order chi connectivity index (χ1) is 9.20. The summed E-state index contributed by atoms with van der Waals surface area (Å²) >= 11 is 0. The van der Waals surface area contributed by atoms with Gasteiger partial charge >= 0.3 is 5.97 Å². The SMILES string of the molecule is CC(=O)O[C@@H]1C[C@@]23C[C@@H]([C@@H]1C)C(C)(C)[C@@H]2C(=O)C[C@H]3C. The van der Waals surface area contributed by atoms with Crippen LogP contribution >= 0.6 is 0 Å². The molecule has 20 heavy (non-hydrogen) atoms. The van der Waals surface area contributed by atoms with Gasteiger partial charge in [0.05, 0.1) is 0 Å². The van der Waals surface area contributed by atoms with E-state index in [1.807, 2.05) is 0 Å². The predicted molar refractivity (Wildman–Crippen MR) is 75.9 cm³/mol. The van der Waals surface area contributed by atoms with E-state index in [-0.39, 0.29) is 28.8 Å². The first-order valence-corrected chi connectivity index (χ1v) is 7.90. The lowest BCUT2D eigenvalue weighted by Crippen LogP contribution is -2.41. The number of hydrogen-bond donors (Lipinski definition) is 0. The maximum Gasteiger partial charge on any atom is 0.302 e. The molecule has 3 nitrogen and oxygen atoms in total. The summed E-state index contributed by atoms with van der Waals surface area (Å²) in [4.78, 5) is 23.9. The minimum atomic E-state index is -0.189. The largest absolute Gasteiger partial charge is 0.462 e. The third kappa shape index (κ3) is 1.58. The van der Waals surface area contributed by atoms with Crippen molar-refractivity contribution in [2.75, 3.05) is 0 Å². The summed E-state index contributed by atoms with van der Waals surface area (Å²) in [6, 6.07) is 0. The number of Topliss-reactive ketones (excluding diaryl/α,β-unsaturated/α-hetero) is 1. The Morgan fingerprint density at radius 3 is 2.50 bits per heavy atom. The van der Waals surface area contributed by atoms with Crippen LogP contribution in [0.25, 0.3) is 0 Å². The fourth-order valence-electron chi connectivity index (χ4n) is 6.04. The van der Waals surface area contributed by atoms with Crippen LogP contribution in [0.1, 0.15) is 53.9 Å². The Morgan fingerprint density at radius 1 is 1.25 bits per heavy atom. The van der Waals surface area contributed by atoms with Crippen molar-refractivity contribution in [2.45, 2.75) is 60.0 Å². The topological polar surface area (TPSA) is 43.4 Å². The molecule has 3 rings (SSSR count). The fourth-order valence-corrected chi connectivity index (χ4v) is 6.04. The van der Waals surface area contributed by atoms with Crippen LogP contribution < -0.4 is 0 Å². The van der Waals surface area contributed by atoms with Crippen LogP contribution in [0.3, 0.4) is 0 Å². The molecule has 2 bridgehead atoms. The first kappa shape index (κ1) is 14.1. The number of rotatable bonds is 1. The highest BCUT2D eigenvalue weighted by Crippen LogP contribution is 2.71. The maximum absolute atomic E-state index is 12.5. The molecule has 0 amide bonds. The third-order valence-electron chi connectivity index (χ3n) is 6.81. The summed E-state index contributed by atoms with van der Waals surface area (Å²) in [5, 5.41) is 0. The van der Waals surface area contributed by atoms with Crippen molar-refractivity contribution < 1.29 is 14.3 Å². The molecule has 0 aromatic rings. The van der Waals surface area contributed by atoms with Gasteiger partial charge in [-0.15, -0.1) is 0 Å². The Labute approximate surface area is 121 Å². The van der Waals surface area contributed by atoms with Gasteiger partial charge in [0.2, 0.25) is 0 Å². The Balaban J connectivity index is 2.03. The van der Waals surface area contributed by atoms with E-state index >= 15 is 0 Å². The Morgan fingerprint density at radius 2 is 1.90 bits per heavy atom. The Hall–Kier alpha value is -0.860. The smallest absolute Gasteiger partial charge is 0.302 e. The van der Waals surface area contributed by atoms with Gasteiger partial charge in [0, 0.05) is 19.3 Å². The fraction of sp³-hybridized carbons (Fsp3) is 0.882. The van der Waals surface area contributed by atoms with Crippen molar-refractivity contribution in [1.82, 2.24) is 0 Å². The Kier molecular flexibility index (Phi) is 2.88. The minimum Gasteiger partial charge on any atom is -0.462 e. The van der Waals surface area contributed by atoms with Crippen molar-refractivity contribution in [3.05, 3.63) is 0 Å². The highest BCUT2D eigenvalue weighted by molar-refractivity contribution is 5.86. The van der Waals surface area contributed by atoms with Crippen molar-refractivity contribution in [3.63, 3.8) is 0 Å². The van der Waals surface area contributed by atoms with Crippen LogP contribution in [0.15, 0.2) is 0 Å². The van der Waals surface area contributed by atoms with E-state index in [0.717, 1.165) is 12.8 Å². The second kappa shape index (κ2) is 4.08. The van der Waals surface area contributed by atoms with Gasteiger partial charge in [-0.3, -0.25) is 9.59 Å². The lowest BCUT2D eigenvalue weighted by atomic mass is 9.64. The lowest BCUT2D eigenvalue weighted by molar-refractivity contribution is -0.155. The quantitative estimate of drug-likeness (QED) is 0.692. The van der Waals surface area contributed by atoms with E-state index in [9.17, 15) is 9.59 Å². The summed E-state index contributed by atoms with van der Waals surface area (Å²) < 4.78 is 5.61. The summed E-state index contributed by atoms with van der Waals surface area (Å²) in [6.45, 7) is 10.4.